The van der Waals surface area contributed by atoms with E-state index in [9.17, 15) is 9.59 Å². The van der Waals surface area contributed by atoms with E-state index in [2.05, 4.69) is 0 Å². The summed E-state index contributed by atoms with van der Waals surface area (Å²) in [5.74, 6) is 0.112. The molecule has 2 aliphatic heterocycles. The molecule has 0 N–H and O–H groups in total. The zero-order chi connectivity index (χ0) is 27.1. The Hall–Kier alpha value is -3.78. The Morgan fingerprint density at radius 3 is 2.33 bits per heavy atom. The van der Waals surface area contributed by atoms with Crippen molar-refractivity contribution in [3.8, 4) is 17.1 Å². The summed E-state index contributed by atoms with van der Waals surface area (Å²) in [6, 6.07) is 24.4. The van der Waals surface area contributed by atoms with Crippen molar-refractivity contribution in [2.75, 3.05) is 16.6 Å². The SMILES string of the molecule is CCCOc1ccc(N2C(=O)[C@@H]3[C@H](ON(c4ccccc4)[C@H]3c3ccc(-c4ccc(Cl)c(Cl)c4)o3)C2=O)cc1. The normalized spacial score (nSPS) is 20.5. The first-order valence-corrected chi connectivity index (χ1v) is 13.4. The molecule has 3 atom stereocenters. The molecule has 0 bridgehead atoms. The minimum atomic E-state index is -1.00. The van der Waals surface area contributed by atoms with Gasteiger partial charge < -0.3 is 9.15 Å². The number of ether oxygens (including phenoxy) is 1. The molecule has 2 fully saturated rings. The second kappa shape index (κ2) is 10.4. The van der Waals surface area contributed by atoms with Crippen LogP contribution in [0.2, 0.25) is 10.0 Å². The van der Waals surface area contributed by atoms with Gasteiger partial charge in [-0.3, -0.25) is 14.4 Å². The molecule has 0 aliphatic carbocycles. The van der Waals surface area contributed by atoms with Crippen LogP contribution in [0.25, 0.3) is 11.3 Å². The highest BCUT2D eigenvalue weighted by Gasteiger charge is 2.61. The first kappa shape index (κ1) is 25.5. The Morgan fingerprint density at radius 2 is 1.62 bits per heavy atom. The predicted octanol–water partition coefficient (Wildman–Crippen LogP) is 7.09. The molecular formula is C30H24Cl2N2O5. The first-order chi connectivity index (χ1) is 19.0. The van der Waals surface area contributed by atoms with E-state index in [1.165, 1.54) is 4.90 Å². The number of anilines is 2. The quantitative estimate of drug-likeness (QED) is 0.224. The highest BCUT2D eigenvalue weighted by molar-refractivity contribution is 6.42. The molecule has 2 aliphatic rings. The largest absolute Gasteiger partial charge is 0.494 e. The zero-order valence-electron chi connectivity index (χ0n) is 20.9. The number of benzene rings is 3. The fraction of sp³-hybridized carbons (Fsp3) is 0.200. The van der Waals surface area contributed by atoms with Crippen LogP contribution in [0.1, 0.15) is 25.1 Å². The molecule has 7 nitrogen and oxygen atoms in total. The van der Waals surface area contributed by atoms with Gasteiger partial charge in [0, 0.05) is 5.56 Å². The van der Waals surface area contributed by atoms with E-state index in [0.29, 0.717) is 45.3 Å². The van der Waals surface area contributed by atoms with Gasteiger partial charge in [0.05, 0.1) is 28.0 Å². The van der Waals surface area contributed by atoms with Crippen LogP contribution >= 0.6 is 23.2 Å². The van der Waals surface area contributed by atoms with Crippen molar-refractivity contribution >= 4 is 46.4 Å². The van der Waals surface area contributed by atoms with Gasteiger partial charge in [0.2, 0.25) is 5.91 Å². The summed E-state index contributed by atoms with van der Waals surface area (Å²) in [6.45, 7) is 2.61. The van der Waals surface area contributed by atoms with Crippen LogP contribution in [0.3, 0.4) is 0 Å². The molecule has 198 valence electrons. The van der Waals surface area contributed by atoms with Crippen LogP contribution in [0.5, 0.6) is 5.75 Å². The van der Waals surface area contributed by atoms with Gasteiger partial charge >= 0.3 is 0 Å². The van der Waals surface area contributed by atoms with Gasteiger partial charge in [0.15, 0.2) is 6.10 Å². The van der Waals surface area contributed by atoms with Crippen LogP contribution in [0.4, 0.5) is 11.4 Å². The van der Waals surface area contributed by atoms with Gasteiger partial charge in [0.1, 0.15) is 29.2 Å². The maximum Gasteiger partial charge on any atom is 0.266 e. The molecule has 0 unspecified atom stereocenters. The number of hydrogen-bond acceptors (Lipinski definition) is 6. The number of hydrogen-bond donors (Lipinski definition) is 0. The lowest BCUT2D eigenvalue weighted by Crippen LogP contribution is -2.37. The number of fused-ring (bicyclic) bond motifs is 1. The summed E-state index contributed by atoms with van der Waals surface area (Å²) in [4.78, 5) is 34.8. The van der Waals surface area contributed by atoms with Crippen molar-refractivity contribution in [1.82, 2.24) is 0 Å². The molecule has 9 heteroatoms. The number of carbonyl (C=O) groups excluding carboxylic acids is 2. The lowest BCUT2D eigenvalue weighted by molar-refractivity contribution is -0.126. The molecule has 6 rings (SSSR count). The molecule has 3 aromatic carbocycles. The number of halogens is 2. The molecular weight excluding hydrogens is 539 g/mol. The summed E-state index contributed by atoms with van der Waals surface area (Å²) in [6.07, 6.45) is -0.123. The molecule has 3 heterocycles. The number of amides is 2. The monoisotopic (exact) mass is 562 g/mol. The zero-order valence-corrected chi connectivity index (χ0v) is 22.4. The van der Waals surface area contributed by atoms with Crippen molar-refractivity contribution in [3.63, 3.8) is 0 Å². The standard InChI is InChI=1S/C30H24Cl2N2O5/c1-2-16-37-21-11-9-19(10-12-21)33-29(35)26-27(34(39-28(26)30(33)36)20-6-4-3-5-7-20)25-15-14-24(38-25)18-8-13-22(31)23(32)17-18/h3-15,17,26-28H,2,16H2,1H3/t26-,27-,28-/m0/s1. The van der Waals surface area contributed by atoms with E-state index in [-0.39, 0.29) is 5.91 Å². The van der Waals surface area contributed by atoms with E-state index in [1.807, 2.05) is 37.3 Å². The molecule has 0 radical (unpaired) electrons. The third-order valence-corrected chi connectivity index (χ3v) is 7.56. The topological polar surface area (TPSA) is 72.2 Å². The predicted molar refractivity (Wildman–Crippen MR) is 149 cm³/mol. The van der Waals surface area contributed by atoms with Crippen LogP contribution in [-0.2, 0) is 14.4 Å². The Labute approximate surface area is 235 Å². The van der Waals surface area contributed by atoms with Crippen molar-refractivity contribution in [2.45, 2.75) is 25.5 Å². The third kappa shape index (κ3) is 4.56. The smallest absolute Gasteiger partial charge is 0.266 e. The van der Waals surface area contributed by atoms with Gasteiger partial charge in [-0.1, -0.05) is 48.3 Å². The Balaban J connectivity index is 1.36. The maximum absolute atomic E-state index is 13.9. The average molecular weight is 563 g/mol. The number of furan rings is 1. The summed E-state index contributed by atoms with van der Waals surface area (Å²) >= 11 is 12.3. The number of nitrogens with zero attached hydrogens (tertiary/aromatic N) is 2. The number of hydroxylamine groups is 1. The van der Waals surface area contributed by atoms with E-state index in [1.54, 1.807) is 59.7 Å². The van der Waals surface area contributed by atoms with Crippen LogP contribution in [0, 0.1) is 5.92 Å². The Kier molecular flexibility index (Phi) is 6.81. The van der Waals surface area contributed by atoms with E-state index < -0.39 is 24.0 Å². The van der Waals surface area contributed by atoms with Gasteiger partial charge in [-0.25, -0.2) is 9.96 Å². The van der Waals surface area contributed by atoms with Crippen molar-refractivity contribution < 1.29 is 23.6 Å². The molecule has 4 aromatic rings. The number of imide groups is 1. The van der Waals surface area contributed by atoms with E-state index >= 15 is 0 Å². The second-order valence-corrected chi connectivity index (χ2v) is 10.2. The molecule has 0 spiro atoms. The first-order valence-electron chi connectivity index (χ1n) is 12.6. The van der Waals surface area contributed by atoms with Crippen LogP contribution in [-0.4, -0.2) is 24.5 Å². The highest BCUT2D eigenvalue weighted by Crippen LogP contribution is 2.48. The van der Waals surface area contributed by atoms with Crippen molar-refractivity contribution in [2.24, 2.45) is 5.92 Å². The summed E-state index contributed by atoms with van der Waals surface area (Å²) in [5, 5.41) is 2.44. The lowest BCUT2D eigenvalue weighted by atomic mass is 9.94. The summed E-state index contributed by atoms with van der Waals surface area (Å²) < 4.78 is 11.9. The van der Waals surface area contributed by atoms with Crippen molar-refractivity contribution in [3.05, 3.63) is 101 Å². The van der Waals surface area contributed by atoms with Gasteiger partial charge in [-0.05, 0) is 73.2 Å². The molecule has 2 saturated heterocycles. The Bertz CT molecular complexity index is 1520. The van der Waals surface area contributed by atoms with Crippen molar-refractivity contribution in [1.29, 1.82) is 0 Å². The lowest BCUT2D eigenvalue weighted by Gasteiger charge is -2.27. The van der Waals surface area contributed by atoms with Gasteiger partial charge in [0.25, 0.3) is 5.91 Å². The summed E-state index contributed by atoms with van der Waals surface area (Å²) in [7, 11) is 0. The van der Waals surface area contributed by atoms with Crippen LogP contribution < -0.4 is 14.7 Å². The average Bonchev–Trinajstić information content (AvgIpc) is 3.65. The van der Waals surface area contributed by atoms with E-state index in [4.69, 9.17) is 37.2 Å². The van der Waals surface area contributed by atoms with E-state index in [0.717, 1.165) is 12.0 Å². The molecule has 39 heavy (non-hydrogen) atoms. The molecule has 0 saturated carbocycles. The minimum absolute atomic E-state index is 0.358. The fourth-order valence-corrected chi connectivity index (χ4v) is 5.28. The van der Waals surface area contributed by atoms with Gasteiger partial charge in [-0.15, -0.1) is 0 Å². The highest BCUT2D eigenvalue weighted by atomic mass is 35.5. The molecule has 1 aromatic heterocycles. The summed E-state index contributed by atoms with van der Waals surface area (Å²) in [5.41, 5.74) is 1.90. The number of rotatable bonds is 7. The van der Waals surface area contributed by atoms with Gasteiger partial charge in [-0.2, -0.15) is 0 Å². The molecule has 2 amide bonds. The fourth-order valence-electron chi connectivity index (χ4n) is 4.98. The minimum Gasteiger partial charge on any atom is -0.494 e. The Morgan fingerprint density at radius 1 is 0.846 bits per heavy atom. The van der Waals surface area contributed by atoms with Crippen LogP contribution in [0.15, 0.2) is 89.3 Å². The number of carbonyl (C=O) groups is 2. The second-order valence-electron chi connectivity index (χ2n) is 9.34. The maximum atomic E-state index is 13.9. The third-order valence-electron chi connectivity index (χ3n) is 6.82. The number of para-hydroxylation sites is 1.